The van der Waals surface area contributed by atoms with Crippen LogP contribution in [0.3, 0.4) is 0 Å². The summed E-state index contributed by atoms with van der Waals surface area (Å²) in [6.07, 6.45) is 7.00. The first-order valence-corrected chi connectivity index (χ1v) is 7.45. The van der Waals surface area contributed by atoms with Gasteiger partial charge in [0.1, 0.15) is 5.69 Å². The zero-order chi connectivity index (χ0) is 14.4. The molecule has 2 rings (SSSR count). The summed E-state index contributed by atoms with van der Waals surface area (Å²) >= 11 is 0. The van der Waals surface area contributed by atoms with E-state index in [0.29, 0.717) is 11.7 Å². The predicted molar refractivity (Wildman–Crippen MR) is 77.0 cm³/mol. The Morgan fingerprint density at radius 3 is 2.65 bits per heavy atom. The van der Waals surface area contributed by atoms with Crippen LogP contribution < -0.4 is 0 Å². The topological polar surface area (TPSA) is 65.7 Å². The first-order valence-electron chi connectivity index (χ1n) is 7.45. The molecule has 0 atom stereocenters. The fraction of sp³-hybridized carbons (Fsp3) is 0.667. The molecule has 1 aromatic heterocycles. The maximum Gasteiger partial charge on any atom is 0.352 e. The van der Waals surface area contributed by atoms with E-state index in [-0.39, 0.29) is 6.61 Å². The molecule has 1 aromatic rings. The van der Waals surface area contributed by atoms with Crippen LogP contribution in [0.2, 0.25) is 0 Å². The predicted octanol–water partition coefficient (Wildman–Crippen LogP) is 1.99. The van der Waals surface area contributed by atoms with Crippen LogP contribution in [0.4, 0.5) is 0 Å². The number of carboxylic acids is 1. The molecule has 5 nitrogen and oxygen atoms in total. The van der Waals surface area contributed by atoms with Crippen molar-refractivity contribution in [2.45, 2.75) is 38.1 Å². The molecule has 0 spiro atoms. The largest absolute Gasteiger partial charge is 0.477 e. The Balaban J connectivity index is 1.79. The zero-order valence-electron chi connectivity index (χ0n) is 11.9. The van der Waals surface area contributed by atoms with Gasteiger partial charge in [-0.2, -0.15) is 0 Å². The molecule has 1 fully saturated rings. The lowest BCUT2D eigenvalue weighted by molar-refractivity contribution is 0.0678. The van der Waals surface area contributed by atoms with Gasteiger partial charge in [-0.15, -0.1) is 0 Å². The van der Waals surface area contributed by atoms with E-state index in [4.69, 9.17) is 10.2 Å². The standard InChI is InChI=1S/C15H24N2O3/c18-12-3-1-2-8-16-10-6-13(7-11-16)17-9-4-5-14(17)15(19)20/h4-5,9,13,18H,1-3,6-8,10-12H2,(H,19,20). The number of rotatable bonds is 7. The molecule has 112 valence electrons. The summed E-state index contributed by atoms with van der Waals surface area (Å²) in [5.74, 6) is -0.846. The Bertz CT molecular complexity index is 423. The number of piperidine rings is 1. The Hall–Kier alpha value is -1.33. The number of aliphatic hydroxyl groups excluding tert-OH is 1. The number of carbonyl (C=O) groups is 1. The second-order valence-electron chi connectivity index (χ2n) is 5.46. The van der Waals surface area contributed by atoms with Gasteiger partial charge in [-0.05, 0) is 50.8 Å². The Kier molecular flexibility index (Phi) is 5.61. The average Bonchev–Trinajstić information content (AvgIpc) is 2.94. The highest BCUT2D eigenvalue weighted by Crippen LogP contribution is 2.24. The van der Waals surface area contributed by atoms with Gasteiger partial charge in [-0.3, -0.25) is 0 Å². The number of hydrogen-bond donors (Lipinski definition) is 2. The van der Waals surface area contributed by atoms with Crippen LogP contribution in [0.1, 0.15) is 48.6 Å². The van der Waals surface area contributed by atoms with Gasteiger partial charge < -0.3 is 19.7 Å². The molecule has 1 aliphatic heterocycles. The van der Waals surface area contributed by atoms with Gasteiger partial charge in [0.05, 0.1) is 0 Å². The number of unbranched alkanes of at least 4 members (excludes halogenated alkanes) is 2. The molecule has 0 unspecified atom stereocenters. The van der Waals surface area contributed by atoms with Crippen molar-refractivity contribution in [1.29, 1.82) is 0 Å². The monoisotopic (exact) mass is 280 g/mol. The van der Waals surface area contributed by atoms with Crippen LogP contribution in [0.5, 0.6) is 0 Å². The van der Waals surface area contributed by atoms with Gasteiger partial charge in [0.25, 0.3) is 0 Å². The lowest BCUT2D eigenvalue weighted by Gasteiger charge is -2.33. The number of carboxylic acid groups (broad SMARTS) is 1. The summed E-state index contributed by atoms with van der Waals surface area (Å²) in [6, 6.07) is 3.79. The summed E-state index contributed by atoms with van der Waals surface area (Å²) in [6.45, 7) is 3.43. The quantitative estimate of drug-likeness (QED) is 0.750. The van der Waals surface area contributed by atoms with Crippen molar-refractivity contribution >= 4 is 5.97 Å². The molecule has 20 heavy (non-hydrogen) atoms. The molecule has 0 aliphatic carbocycles. The van der Waals surface area contributed by atoms with Gasteiger partial charge in [-0.1, -0.05) is 0 Å². The summed E-state index contributed by atoms with van der Waals surface area (Å²) in [5, 5.41) is 17.9. The van der Waals surface area contributed by atoms with Crippen molar-refractivity contribution in [3.05, 3.63) is 24.0 Å². The molecule has 2 heterocycles. The molecular formula is C15H24N2O3. The fourth-order valence-corrected chi connectivity index (χ4v) is 2.94. The number of nitrogens with zero attached hydrogens (tertiary/aromatic N) is 2. The van der Waals surface area contributed by atoms with Gasteiger partial charge in [0, 0.05) is 31.9 Å². The fourth-order valence-electron chi connectivity index (χ4n) is 2.94. The van der Waals surface area contributed by atoms with E-state index in [1.807, 2.05) is 16.8 Å². The van der Waals surface area contributed by atoms with Crippen molar-refractivity contribution in [3.8, 4) is 0 Å². The smallest absolute Gasteiger partial charge is 0.352 e. The first-order chi connectivity index (χ1) is 9.72. The lowest BCUT2D eigenvalue weighted by Crippen LogP contribution is -2.35. The van der Waals surface area contributed by atoms with E-state index in [1.165, 1.54) is 0 Å². The van der Waals surface area contributed by atoms with Gasteiger partial charge in [0.2, 0.25) is 0 Å². The molecule has 0 saturated carbocycles. The SMILES string of the molecule is O=C(O)c1cccn1C1CCN(CCCCCO)CC1. The third kappa shape index (κ3) is 3.84. The molecule has 0 aromatic carbocycles. The van der Waals surface area contributed by atoms with Crippen LogP contribution in [-0.4, -0.2) is 51.9 Å². The van der Waals surface area contributed by atoms with Crippen LogP contribution in [-0.2, 0) is 0 Å². The van der Waals surface area contributed by atoms with Crippen molar-refractivity contribution < 1.29 is 15.0 Å². The maximum atomic E-state index is 11.1. The second-order valence-corrected chi connectivity index (χ2v) is 5.46. The summed E-state index contributed by atoms with van der Waals surface area (Å²) < 4.78 is 1.91. The Morgan fingerprint density at radius 2 is 2.00 bits per heavy atom. The van der Waals surface area contributed by atoms with E-state index in [0.717, 1.165) is 51.7 Å². The number of aromatic nitrogens is 1. The minimum Gasteiger partial charge on any atom is -0.477 e. The first kappa shape index (κ1) is 15.1. The highest BCUT2D eigenvalue weighted by atomic mass is 16.4. The van der Waals surface area contributed by atoms with Crippen molar-refractivity contribution in [2.75, 3.05) is 26.2 Å². The maximum absolute atomic E-state index is 11.1. The molecular weight excluding hydrogens is 256 g/mol. The summed E-state index contributed by atoms with van der Waals surface area (Å²) in [4.78, 5) is 13.6. The summed E-state index contributed by atoms with van der Waals surface area (Å²) in [5.41, 5.74) is 0.395. The van der Waals surface area contributed by atoms with Crippen LogP contribution in [0.25, 0.3) is 0 Å². The van der Waals surface area contributed by atoms with Crippen molar-refractivity contribution in [3.63, 3.8) is 0 Å². The third-order valence-electron chi connectivity index (χ3n) is 4.08. The van der Waals surface area contributed by atoms with Crippen molar-refractivity contribution in [2.24, 2.45) is 0 Å². The van der Waals surface area contributed by atoms with E-state index in [9.17, 15) is 4.79 Å². The molecule has 0 radical (unpaired) electrons. The highest BCUT2D eigenvalue weighted by Gasteiger charge is 2.22. The van der Waals surface area contributed by atoms with E-state index in [1.54, 1.807) is 6.07 Å². The van der Waals surface area contributed by atoms with E-state index >= 15 is 0 Å². The minimum absolute atomic E-state index is 0.285. The van der Waals surface area contributed by atoms with Crippen molar-refractivity contribution in [1.82, 2.24) is 9.47 Å². The molecule has 1 saturated heterocycles. The molecule has 0 bridgehead atoms. The molecule has 5 heteroatoms. The van der Waals surface area contributed by atoms with Crippen LogP contribution in [0.15, 0.2) is 18.3 Å². The Morgan fingerprint density at radius 1 is 1.25 bits per heavy atom. The zero-order valence-corrected chi connectivity index (χ0v) is 11.9. The minimum atomic E-state index is -0.846. The van der Waals surface area contributed by atoms with Gasteiger partial charge >= 0.3 is 5.97 Å². The highest BCUT2D eigenvalue weighted by molar-refractivity contribution is 5.85. The van der Waals surface area contributed by atoms with Crippen LogP contribution >= 0.6 is 0 Å². The molecule has 0 amide bonds. The number of hydrogen-bond acceptors (Lipinski definition) is 3. The number of aliphatic hydroxyl groups is 1. The lowest BCUT2D eigenvalue weighted by atomic mass is 10.0. The second kappa shape index (κ2) is 7.45. The third-order valence-corrected chi connectivity index (χ3v) is 4.08. The normalized spacial score (nSPS) is 17.4. The number of aromatic carboxylic acids is 1. The van der Waals surface area contributed by atoms with Gasteiger partial charge in [-0.25, -0.2) is 4.79 Å². The van der Waals surface area contributed by atoms with Crippen LogP contribution in [0, 0.1) is 0 Å². The summed E-state index contributed by atoms with van der Waals surface area (Å²) in [7, 11) is 0. The van der Waals surface area contributed by atoms with E-state index in [2.05, 4.69) is 4.90 Å². The number of likely N-dealkylation sites (tertiary alicyclic amines) is 1. The molecule has 1 aliphatic rings. The molecule has 2 N–H and O–H groups in total. The average molecular weight is 280 g/mol. The Labute approximate surface area is 119 Å². The van der Waals surface area contributed by atoms with E-state index < -0.39 is 5.97 Å². The van der Waals surface area contributed by atoms with Gasteiger partial charge in [0.15, 0.2) is 0 Å².